The van der Waals surface area contributed by atoms with Gasteiger partial charge in [-0.25, -0.2) is 4.98 Å². The van der Waals surface area contributed by atoms with Gasteiger partial charge in [0, 0.05) is 50.6 Å². The number of hydrogen-bond acceptors (Lipinski definition) is 8. The highest BCUT2D eigenvalue weighted by Crippen LogP contribution is 2.33. The molecule has 0 aliphatic carbocycles. The molecule has 5 rings (SSSR count). The van der Waals surface area contributed by atoms with E-state index in [4.69, 9.17) is 9.47 Å². The molecular formula is C30H33F3N6O4. The Labute approximate surface area is 247 Å². The molecule has 0 radical (unpaired) electrons. The van der Waals surface area contributed by atoms with Crippen molar-refractivity contribution >= 4 is 34.7 Å². The second kappa shape index (κ2) is 13.0. The molecule has 2 amide bonds. The Balaban J connectivity index is 1.29. The summed E-state index contributed by atoms with van der Waals surface area (Å²) in [6, 6.07) is 8.61. The van der Waals surface area contributed by atoms with Crippen molar-refractivity contribution in [3.05, 3.63) is 71.2 Å². The Bertz CT molecular complexity index is 1460. The summed E-state index contributed by atoms with van der Waals surface area (Å²) in [4.78, 5) is 38.8. The lowest BCUT2D eigenvalue weighted by Gasteiger charge is -2.32. The molecule has 0 atom stereocenters. The number of rotatable bonds is 7. The van der Waals surface area contributed by atoms with E-state index in [-0.39, 0.29) is 22.5 Å². The van der Waals surface area contributed by atoms with E-state index in [1.807, 2.05) is 13.1 Å². The Hall–Kier alpha value is -4.23. The summed E-state index contributed by atoms with van der Waals surface area (Å²) in [5.74, 6) is -0.452. The zero-order chi connectivity index (χ0) is 30.6. The summed E-state index contributed by atoms with van der Waals surface area (Å²) in [7, 11) is 1.98. The highest BCUT2D eigenvalue weighted by Gasteiger charge is 2.32. The molecule has 13 heteroatoms. The van der Waals surface area contributed by atoms with Gasteiger partial charge in [-0.15, -0.1) is 0 Å². The highest BCUT2D eigenvalue weighted by molar-refractivity contribution is 6.08. The standard InChI is InChI=1S/C30H33F3N6O4/c1-19-26(29(41)36-22-3-4-27(35-17-22)38(2)24-5-9-42-10-6-24)16-23(18-34-19)37-28(40)20-13-21(30(31,32)33)15-25(14-20)39-7-11-43-12-8-39/h3-4,13-18,24H,5-12H2,1-2H3,(H,36,41)(H,37,40). The number of morpholine rings is 1. The van der Waals surface area contributed by atoms with Gasteiger partial charge in [-0.1, -0.05) is 0 Å². The summed E-state index contributed by atoms with van der Waals surface area (Å²) in [5.41, 5.74) is 0.429. The number of benzene rings is 1. The molecule has 228 valence electrons. The lowest BCUT2D eigenvalue weighted by atomic mass is 10.1. The normalized spacial score (nSPS) is 16.1. The average molecular weight is 599 g/mol. The minimum absolute atomic E-state index is 0.164. The number of carbonyl (C=O) groups excluding carboxylic acids is 2. The number of hydrogen-bond donors (Lipinski definition) is 2. The third kappa shape index (κ3) is 7.41. The molecule has 43 heavy (non-hydrogen) atoms. The van der Waals surface area contributed by atoms with Crippen LogP contribution in [-0.2, 0) is 15.7 Å². The molecule has 0 spiro atoms. The van der Waals surface area contributed by atoms with E-state index in [1.54, 1.807) is 24.1 Å². The van der Waals surface area contributed by atoms with E-state index >= 15 is 0 Å². The van der Waals surface area contributed by atoms with Crippen LogP contribution in [0.2, 0.25) is 0 Å². The van der Waals surface area contributed by atoms with Crippen LogP contribution in [0.1, 0.15) is 44.8 Å². The molecular weight excluding hydrogens is 565 g/mol. The predicted octanol–water partition coefficient (Wildman–Crippen LogP) is 4.76. The van der Waals surface area contributed by atoms with E-state index in [9.17, 15) is 22.8 Å². The third-order valence-electron chi connectivity index (χ3n) is 7.58. The van der Waals surface area contributed by atoms with E-state index in [0.29, 0.717) is 56.9 Å². The van der Waals surface area contributed by atoms with E-state index in [2.05, 4.69) is 25.5 Å². The van der Waals surface area contributed by atoms with Crippen molar-refractivity contribution in [2.24, 2.45) is 0 Å². The highest BCUT2D eigenvalue weighted by atomic mass is 19.4. The Morgan fingerprint density at radius 2 is 1.58 bits per heavy atom. The minimum Gasteiger partial charge on any atom is -0.381 e. The van der Waals surface area contributed by atoms with Crippen molar-refractivity contribution in [3.63, 3.8) is 0 Å². The van der Waals surface area contributed by atoms with Crippen LogP contribution in [0.25, 0.3) is 0 Å². The summed E-state index contributed by atoms with van der Waals surface area (Å²) >= 11 is 0. The van der Waals surface area contributed by atoms with Crippen molar-refractivity contribution in [2.45, 2.75) is 32.0 Å². The first-order valence-electron chi connectivity index (χ1n) is 14.0. The Kier molecular flexibility index (Phi) is 9.11. The smallest absolute Gasteiger partial charge is 0.381 e. The zero-order valence-electron chi connectivity index (χ0n) is 23.9. The number of ether oxygens (including phenoxy) is 2. The molecule has 2 aliphatic rings. The lowest BCUT2D eigenvalue weighted by Crippen LogP contribution is -2.37. The second-order valence-electron chi connectivity index (χ2n) is 10.5. The number of carbonyl (C=O) groups is 2. The second-order valence-corrected chi connectivity index (χ2v) is 10.5. The van der Waals surface area contributed by atoms with E-state index in [1.165, 1.54) is 18.3 Å². The third-order valence-corrected chi connectivity index (χ3v) is 7.58. The Morgan fingerprint density at radius 1 is 0.907 bits per heavy atom. The van der Waals surface area contributed by atoms with Crippen molar-refractivity contribution in [1.82, 2.24) is 9.97 Å². The maximum absolute atomic E-state index is 13.7. The van der Waals surface area contributed by atoms with E-state index < -0.39 is 23.6 Å². The number of alkyl halides is 3. The zero-order valence-corrected chi connectivity index (χ0v) is 23.9. The summed E-state index contributed by atoms with van der Waals surface area (Å²) in [5, 5.41) is 5.38. The van der Waals surface area contributed by atoms with Gasteiger partial charge in [0.25, 0.3) is 11.8 Å². The number of amides is 2. The molecule has 1 aromatic carbocycles. The quantitative estimate of drug-likeness (QED) is 0.401. The van der Waals surface area contributed by atoms with Crippen molar-refractivity contribution in [3.8, 4) is 0 Å². The maximum Gasteiger partial charge on any atom is 0.416 e. The number of pyridine rings is 2. The van der Waals surface area contributed by atoms with Crippen molar-refractivity contribution < 1.29 is 32.2 Å². The van der Waals surface area contributed by atoms with Gasteiger partial charge in [0.15, 0.2) is 0 Å². The van der Waals surface area contributed by atoms with E-state index in [0.717, 1.165) is 30.8 Å². The first-order chi connectivity index (χ1) is 20.6. The van der Waals surface area contributed by atoms with Gasteiger partial charge in [0.1, 0.15) is 5.82 Å². The van der Waals surface area contributed by atoms with Crippen LogP contribution in [0, 0.1) is 6.92 Å². The fourth-order valence-electron chi connectivity index (χ4n) is 5.07. The molecule has 0 bridgehead atoms. The van der Waals surface area contributed by atoms with Gasteiger partial charge < -0.3 is 29.9 Å². The molecule has 2 fully saturated rings. The monoisotopic (exact) mass is 598 g/mol. The van der Waals surface area contributed by atoms with Crippen LogP contribution in [-0.4, -0.2) is 74.4 Å². The van der Waals surface area contributed by atoms with Crippen LogP contribution in [0.4, 0.5) is 36.1 Å². The molecule has 3 aromatic rings. The summed E-state index contributed by atoms with van der Waals surface area (Å²) in [6.07, 6.45) is 0.110. The topological polar surface area (TPSA) is 109 Å². The lowest BCUT2D eigenvalue weighted by molar-refractivity contribution is -0.137. The molecule has 2 N–H and O–H groups in total. The van der Waals surface area contributed by atoms with Crippen LogP contribution in [0.5, 0.6) is 0 Å². The molecule has 4 heterocycles. The summed E-state index contributed by atoms with van der Waals surface area (Å²) in [6.45, 7) is 4.65. The SMILES string of the molecule is Cc1ncc(NC(=O)c2cc(N3CCOCC3)cc(C(F)(F)F)c2)cc1C(=O)Nc1ccc(N(C)C2CCOCC2)nc1. The van der Waals surface area contributed by atoms with Gasteiger partial charge in [-0.2, -0.15) is 13.2 Å². The van der Waals surface area contributed by atoms with Gasteiger partial charge in [0.2, 0.25) is 0 Å². The van der Waals surface area contributed by atoms with Gasteiger partial charge >= 0.3 is 6.18 Å². The molecule has 0 unspecified atom stereocenters. The first-order valence-corrected chi connectivity index (χ1v) is 14.0. The molecule has 2 aromatic heterocycles. The predicted molar refractivity (Wildman–Crippen MR) is 156 cm³/mol. The minimum atomic E-state index is -4.64. The average Bonchev–Trinajstić information content (AvgIpc) is 3.02. The molecule has 2 aliphatic heterocycles. The number of halogens is 3. The maximum atomic E-state index is 13.7. The molecule has 0 saturated carbocycles. The number of nitrogens with one attached hydrogen (secondary N) is 2. The summed E-state index contributed by atoms with van der Waals surface area (Å²) < 4.78 is 51.8. The van der Waals surface area contributed by atoms with Gasteiger partial charge in [0.05, 0.1) is 53.8 Å². The van der Waals surface area contributed by atoms with Crippen LogP contribution in [0.15, 0.2) is 48.8 Å². The first kappa shape index (κ1) is 30.2. The van der Waals surface area contributed by atoms with Crippen molar-refractivity contribution in [1.29, 1.82) is 0 Å². The number of anilines is 4. The van der Waals surface area contributed by atoms with Crippen molar-refractivity contribution in [2.75, 3.05) is 67.0 Å². The Morgan fingerprint density at radius 3 is 2.26 bits per heavy atom. The van der Waals surface area contributed by atoms with Gasteiger partial charge in [-0.3, -0.25) is 14.6 Å². The molecule has 10 nitrogen and oxygen atoms in total. The van der Waals surface area contributed by atoms with Crippen LogP contribution in [0.3, 0.4) is 0 Å². The largest absolute Gasteiger partial charge is 0.416 e. The fourth-order valence-corrected chi connectivity index (χ4v) is 5.07. The number of nitrogens with zero attached hydrogens (tertiary/aromatic N) is 4. The number of aryl methyl sites for hydroxylation is 1. The van der Waals surface area contributed by atoms with Gasteiger partial charge in [-0.05, 0) is 56.2 Å². The van der Waals surface area contributed by atoms with Crippen LogP contribution < -0.4 is 20.4 Å². The number of aromatic nitrogens is 2. The fraction of sp³-hybridized carbons (Fsp3) is 0.400. The van der Waals surface area contributed by atoms with Crippen LogP contribution >= 0.6 is 0 Å². The molecule has 2 saturated heterocycles.